The van der Waals surface area contributed by atoms with Crippen molar-refractivity contribution in [2.75, 3.05) is 13.2 Å². The Hall–Kier alpha value is -2.79. The lowest BCUT2D eigenvalue weighted by Crippen LogP contribution is -2.25. The van der Waals surface area contributed by atoms with E-state index in [1.807, 2.05) is 37.3 Å². The van der Waals surface area contributed by atoms with Crippen molar-refractivity contribution < 1.29 is 9.53 Å². The molecule has 2 heterocycles. The van der Waals surface area contributed by atoms with Crippen LogP contribution in [0.4, 0.5) is 0 Å². The average molecular weight is 389 g/mol. The van der Waals surface area contributed by atoms with Gasteiger partial charge in [0.2, 0.25) is 0 Å². The lowest BCUT2D eigenvalue weighted by Gasteiger charge is -2.26. The second kappa shape index (κ2) is 7.56. The summed E-state index contributed by atoms with van der Waals surface area (Å²) in [5.41, 5.74) is 4.24. The molecular formula is C24H27N3O2. The Kier molecular flexibility index (Phi) is 5.09. The molecule has 1 aromatic heterocycles. The molecule has 0 fully saturated rings. The van der Waals surface area contributed by atoms with Gasteiger partial charge < -0.3 is 10.1 Å². The first kappa shape index (κ1) is 19.5. The Morgan fingerprint density at radius 2 is 1.93 bits per heavy atom. The third kappa shape index (κ3) is 3.75. The van der Waals surface area contributed by atoms with Crippen LogP contribution in [0.2, 0.25) is 0 Å². The molecule has 2 aromatic carbocycles. The Bertz CT molecular complexity index is 1090. The van der Waals surface area contributed by atoms with E-state index in [0.717, 1.165) is 52.4 Å². The van der Waals surface area contributed by atoms with Crippen LogP contribution in [0.5, 0.6) is 5.75 Å². The zero-order valence-corrected chi connectivity index (χ0v) is 17.5. The third-order valence-electron chi connectivity index (χ3n) is 5.52. The summed E-state index contributed by atoms with van der Waals surface area (Å²) in [5.74, 6) is 1.52. The van der Waals surface area contributed by atoms with Crippen molar-refractivity contribution in [1.29, 1.82) is 0 Å². The van der Waals surface area contributed by atoms with Crippen LogP contribution in [-0.2, 0) is 12.0 Å². The number of aryl methyl sites for hydroxylation is 2. The van der Waals surface area contributed by atoms with E-state index in [4.69, 9.17) is 9.72 Å². The first-order valence-corrected chi connectivity index (χ1v) is 10.1. The quantitative estimate of drug-likeness (QED) is 0.675. The second-order valence-electron chi connectivity index (χ2n) is 8.39. The Morgan fingerprint density at radius 1 is 1.14 bits per heavy atom. The number of ketones is 1. The van der Waals surface area contributed by atoms with Crippen molar-refractivity contribution >= 4 is 16.7 Å². The van der Waals surface area contributed by atoms with Gasteiger partial charge in [0, 0.05) is 35.9 Å². The summed E-state index contributed by atoms with van der Waals surface area (Å²) in [6, 6.07) is 11.9. The number of nitrogens with one attached hydrogen (secondary N) is 1. The van der Waals surface area contributed by atoms with E-state index in [1.165, 1.54) is 0 Å². The number of fused-ring (bicyclic) bond motifs is 2. The van der Waals surface area contributed by atoms with Gasteiger partial charge in [0.05, 0.1) is 16.8 Å². The molecule has 4 rings (SSSR count). The maximum absolute atomic E-state index is 13.4. The largest absolute Gasteiger partial charge is 0.491 e. The number of rotatable bonds is 4. The normalized spacial score (nSPS) is 14.2. The minimum Gasteiger partial charge on any atom is -0.491 e. The van der Waals surface area contributed by atoms with Crippen molar-refractivity contribution in [1.82, 2.24) is 15.3 Å². The fourth-order valence-electron chi connectivity index (χ4n) is 4.07. The molecule has 1 aliphatic rings. The number of ether oxygens (including phenoxy) is 1. The lowest BCUT2D eigenvalue weighted by atomic mass is 9.80. The Labute approximate surface area is 171 Å². The third-order valence-corrected chi connectivity index (χ3v) is 5.52. The number of hydrogen-bond donors (Lipinski definition) is 1. The minimum absolute atomic E-state index is 0.0748. The topological polar surface area (TPSA) is 64.1 Å². The lowest BCUT2D eigenvalue weighted by molar-refractivity contribution is 0.0953. The molecule has 0 saturated heterocycles. The highest BCUT2D eigenvalue weighted by molar-refractivity contribution is 6.00. The van der Waals surface area contributed by atoms with Crippen LogP contribution in [0.3, 0.4) is 0 Å². The first-order valence-electron chi connectivity index (χ1n) is 10.1. The number of carbonyl (C=O) groups is 1. The van der Waals surface area contributed by atoms with Crippen LogP contribution in [-0.4, -0.2) is 28.9 Å². The molecule has 29 heavy (non-hydrogen) atoms. The van der Waals surface area contributed by atoms with Gasteiger partial charge >= 0.3 is 0 Å². The molecule has 5 heteroatoms. The van der Waals surface area contributed by atoms with Crippen LogP contribution >= 0.6 is 0 Å². The van der Waals surface area contributed by atoms with Crippen molar-refractivity contribution in [3.8, 4) is 5.75 Å². The van der Waals surface area contributed by atoms with E-state index < -0.39 is 5.41 Å². The highest BCUT2D eigenvalue weighted by Crippen LogP contribution is 2.35. The van der Waals surface area contributed by atoms with Gasteiger partial charge in [-0.25, -0.2) is 9.97 Å². The van der Waals surface area contributed by atoms with Gasteiger partial charge in [0.15, 0.2) is 5.78 Å². The standard InChI is InChI=1S/C24H27N3O2/c1-15-7-5-10-19-21(15)26-16(2)27-23(19)24(3,4)13-20(28)18-9-6-8-17-14-25-11-12-29-22(17)18/h5-10,25H,11-14H2,1-4H3. The molecule has 0 atom stereocenters. The van der Waals surface area contributed by atoms with E-state index >= 15 is 0 Å². The molecular weight excluding hydrogens is 362 g/mol. The fraction of sp³-hybridized carbons (Fsp3) is 0.375. The molecule has 0 spiro atoms. The van der Waals surface area contributed by atoms with Gasteiger partial charge in [-0.05, 0) is 25.5 Å². The number of nitrogens with zero attached hydrogens (tertiary/aromatic N) is 2. The van der Waals surface area contributed by atoms with E-state index in [-0.39, 0.29) is 5.78 Å². The molecule has 3 aromatic rings. The monoisotopic (exact) mass is 389 g/mol. The van der Waals surface area contributed by atoms with Gasteiger partial charge in [0.1, 0.15) is 18.2 Å². The van der Waals surface area contributed by atoms with Gasteiger partial charge in [-0.2, -0.15) is 0 Å². The predicted molar refractivity (Wildman–Crippen MR) is 115 cm³/mol. The molecule has 1 aliphatic heterocycles. The summed E-state index contributed by atoms with van der Waals surface area (Å²) in [6.45, 7) is 10.2. The van der Waals surface area contributed by atoms with Crippen LogP contribution in [0.25, 0.3) is 10.9 Å². The van der Waals surface area contributed by atoms with Gasteiger partial charge in [-0.1, -0.05) is 44.2 Å². The number of hydrogen-bond acceptors (Lipinski definition) is 5. The Balaban J connectivity index is 1.73. The number of para-hydroxylation sites is 2. The molecule has 5 nitrogen and oxygen atoms in total. The van der Waals surface area contributed by atoms with E-state index in [9.17, 15) is 4.79 Å². The number of carbonyl (C=O) groups excluding carboxylic acids is 1. The maximum atomic E-state index is 13.4. The number of Topliss-reactive ketones (excluding diaryl/α,β-unsaturated/α-hetero) is 1. The minimum atomic E-state index is -0.442. The fourth-order valence-corrected chi connectivity index (χ4v) is 4.07. The van der Waals surface area contributed by atoms with Crippen molar-refractivity contribution in [2.45, 2.75) is 46.1 Å². The first-order chi connectivity index (χ1) is 13.9. The zero-order chi connectivity index (χ0) is 20.6. The smallest absolute Gasteiger partial charge is 0.167 e. The summed E-state index contributed by atoms with van der Waals surface area (Å²) in [6.07, 6.45) is 0.347. The van der Waals surface area contributed by atoms with Crippen molar-refractivity contribution in [3.63, 3.8) is 0 Å². The van der Waals surface area contributed by atoms with Crippen molar-refractivity contribution in [3.05, 3.63) is 64.6 Å². The van der Waals surface area contributed by atoms with Gasteiger partial charge in [0.25, 0.3) is 0 Å². The van der Waals surface area contributed by atoms with E-state index in [1.54, 1.807) is 0 Å². The zero-order valence-electron chi connectivity index (χ0n) is 17.5. The van der Waals surface area contributed by atoms with Gasteiger partial charge in [-0.3, -0.25) is 4.79 Å². The van der Waals surface area contributed by atoms with Gasteiger partial charge in [-0.15, -0.1) is 0 Å². The summed E-state index contributed by atoms with van der Waals surface area (Å²) < 4.78 is 5.92. The molecule has 0 bridgehead atoms. The summed E-state index contributed by atoms with van der Waals surface area (Å²) in [4.78, 5) is 22.8. The molecule has 0 unspecified atom stereocenters. The molecule has 0 amide bonds. The Morgan fingerprint density at radius 3 is 2.76 bits per heavy atom. The van der Waals surface area contributed by atoms with Crippen LogP contribution in [0, 0.1) is 13.8 Å². The number of aromatic nitrogens is 2. The summed E-state index contributed by atoms with van der Waals surface area (Å²) >= 11 is 0. The summed E-state index contributed by atoms with van der Waals surface area (Å²) in [5, 5.41) is 4.34. The second-order valence-corrected chi connectivity index (χ2v) is 8.39. The van der Waals surface area contributed by atoms with Crippen LogP contribution in [0.15, 0.2) is 36.4 Å². The van der Waals surface area contributed by atoms with Crippen LogP contribution < -0.4 is 10.1 Å². The van der Waals surface area contributed by atoms with E-state index in [0.29, 0.717) is 18.6 Å². The van der Waals surface area contributed by atoms with Crippen molar-refractivity contribution in [2.24, 2.45) is 0 Å². The average Bonchev–Trinajstić information content (AvgIpc) is 2.93. The van der Waals surface area contributed by atoms with E-state index in [2.05, 4.69) is 37.1 Å². The highest BCUT2D eigenvalue weighted by Gasteiger charge is 2.30. The SMILES string of the molecule is Cc1nc(C(C)(C)CC(=O)c2cccc3c2OCCNC3)c2cccc(C)c2n1. The molecule has 0 radical (unpaired) electrons. The van der Waals surface area contributed by atoms with Crippen LogP contribution in [0.1, 0.15) is 53.3 Å². The maximum Gasteiger partial charge on any atom is 0.167 e. The predicted octanol–water partition coefficient (Wildman–Crippen LogP) is 4.28. The highest BCUT2D eigenvalue weighted by atomic mass is 16.5. The molecule has 150 valence electrons. The summed E-state index contributed by atoms with van der Waals surface area (Å²) in [7, 11) is 0. The molecule has 0 aliphatic carbocycles. The molecule has 1 N–H and O–H groups in total. The number of benzene rings is 2. The molecule has 0 saturated carbocycles.